The molecule has 0 aliphatic heterocycles. The van der Waals surface area contributed by atoms with Gasteiger partial charge in [0.1, 0.15) is 11.5 Å². The molecule has 1 heterocycles. The average molecular weight is 389 g/mol. The molecular weight excluding hydrogens is 362 g/mol. The second-order valence-electron chi connectivity index (χ2n) is 6.70. The maximum Gasteiger partial charge on any atom is 0.305 e. The van der Waals surface area contributed by atoms with Crippen molar-refractivity contribution in [3.8, 4) is 11.5 Å². The minimum atomic E-state index is -1.02. The van der Waals surface area contributed by atoms with E-state index in [-0.39, 0.29) is 12.3 Å². The summed E-state index contributed by atoms with van der Waals surface area (Å²) in [5, 5.41) is 16.6. The minimum absolute atomic E-state index is 0.272. The number of carbonyl (C=O) groups excluding carboxylic acids is 1. The SMILES string of the molecule is COc1ccc(C(CC(=O)O)NC(=O)C(C)c2c(C)nn(C)c2C)c(OC)c1. The van der Waals surface area contributed by atoms with Gasteiger partial charge in [0.05, 0.1) is 38.3 Å². The topological polar surface area (TPSA) is 103 Å². The average Bonchev–Trinajstić information content (AvgIpc) is 2.91. The van der Waals surface area contributed by atoms with Crippen molar-refractivity contribution in [2.75, 3.05) is 14.2 Å². The summed E-state index contributed by atoms with van der Waals surface area (Å²) in [6.45, 7) is 5.54. The second-order valence-corrected chi connectivity index (χ2v) is 6.70. The summed E-state index contributed by atoms with van der Waals surface area (Å²) in [6, 6.07) is 4.33. The maximum absolute atomic E-state index is 12.9. The predicted octanol–water partition coefficient (Wildman–Crippen LogP) is 2.49. The molecule has 1 amide bonds. The van der Waals surface area contributed by atoms with E-state index < -0.39 is 17.9 Å². The summed E-state index contributed by atoms with van der Waals surface area (Å²) >= 11 is 0. The van der Waals surface area contributed by atoms with Crippen molar-refractivity contribution in [2.24, 2.45) is 7.05 Å². The third-order valence-electron chi connectivity index (χ3n) is 4.90. The van der Waals surface area contributed by atoms with Crippen LogP contribution in [0.5, 0.6) is 11.5 Å². The van der Waals surface area contributed by atoms with Crippen LogP contribution in [0.3, 0.4) is 0 Å². The standard InChI is InChI=1S/C20H27N3O5/c1-11(19-12(2)22-23(4)13(19)3)20(26)21-16(10-18(24)25)15-8-7-14(27-5)9-17(15)28-6/h7-9,11,16H,10H2,1-6H3,(H,21,26)(H,24,25). The molecular formula is C20H27N3O5. The van der Waals surface area contributed by atoms with Gasteiger partial charge >= 0.3 is 5.97 Å². The summed E-state index contributed by atoms with van der Waals surface area (Å²) in [5.41, 5.74) is 3.10. The van der Waals surface area contributed by atoms with E-state index in [1.54, 1.807) is 29.8 Å². The molecule has 2 aromatic rings. The molecule has 1 aromatic carbocycles. The highest BCUT2D eigenvalue weighted by Gasteiger charge is 2.27. The van der Waals surface area contributed by atoms with Gasteiger partial charge in [-0.3, -0.25) is 14.3 Å². The lowest BCUT2D eigenvalue weighted by Gasteiger charge is -2.22. The van der Waals surface area contributed by atoms with Gasteiger partial charge in [-0.2, -0.15) is 5.10 Å². The summed E-state index contributed by atoms with van der Waals surface area (Å²) in [5.74, 6) is -0.745. The lowest BCUT2D eigenvalue weighted by Crippen LogP contribution is -2.33. The summed E-state index contributed by atoms with van der Waals surface area (Å²) in [6.07, 6.45) is -0.272. The zero-order valence-corrected chi connectivity index (χ0v) is 17.1. The van der Waals surface area contributed by atoms with Gasteiger partial charge in [0, 0.05) is 29.9 Å². The number of carboxylic acids is 1. The number of nitrogens with one attached hydrogen (secondary N) is 1. The highest BCUT2D eigenvalue weighted by Crippen LogP contribution is 2.32. The monoisotopic (exact) mass is 389 g/mol. The van der Waals surface area contributed by atoms with Crippen molar-refractivity contribution in [2.45, 2.75) is 39.2 Å². The molecule has 8 nitrogen and oxygen atoms in total. The van der Waals surface area contributed by atoms with E-state index in [0.717, 1.165) is 17.0 Å². The normalized spacial score (nSPS) is 12.9. The number of rotatable bonds is 8. The number of amides is 1. The zero-order valence-electron chi connectivity index (χ0n) is 17.1. The molecule has 0 aliphatic carbocycles. The highest BCUT2D eigenvalue weighted by atomic mass is 16.5. The van der Waals surface area contributed by atoms with Crippen LogP contribution in [0.2, 0.25) is 0 Å². The second kappa shape index (κ2) is 8.77. The van der Waals surface area contributed by atoms with Gasteiger partial charge in [0.15, 0.2) is 0 Å². The van der Waals surface area contributed by atoms with Crippen LogP contribution in [0.25, 0.3) is 0 Å². The van der Waals surface area contributed by atoms with E-state index >= 15 is 0 Å². The largest absolute Gasteiger partial charge is 0.497 e. The van der Waals surface area contributed by atoms with E-state index in [9.17, 15) is 14.7 Å². The van der Waals surface area contributed by atoms with Crippen molar-refractivity contribution in [1.82, 2.24) is 15.1 Å². The van der Waals surface area contributed by atoms with Crippen LogP contribution in [0, 0.1) is 13.8 Å². The number of ether oxygens (including phenoxy) is 2. The van der Waals surface area contributed by atoms with Gasteiger partial charge in [-0.25, -0.2) is 0 Å². The number of benzene rings is 1. The Hall–Kier alpha value is -3.03. The molecule has 152 valence electrons. The molecule has 2 rings (SSSR count). The molecule has 28 heavy (non-hydrogen) atoms. The number of methoxy groups -OCH3 is 2. The number of carbonyl (C=O) groups is 2. The van der Waals surface area contributed by atoms with Gasteiger partial charge in [-0.15, -0.1) is 0 Å². The van der Waals surface area contributed by atoms with Crippen LogP contribution in [-0.4, -0.2) is 41.0 Å². The lowest BCUT2D eigenvalue weighted by atomic mass is 9.96. The summed E-state index contributed by atoms with van der Waals surface area (Å²) in [7, 11) is 4.85. The van der Waals surface area contributed by atoms with Crippen molar-refractivity contribution in [1.29, 1.82) is 0 Å². The lowest BCUT2D eigenvalue weighted by molar-refractivity contribution is -0.137. The van der Waals surface area contributed by atoms with Crippen molar-refractivity contribution < 1.29 is 24.2 Å². The maximum atomic E-state index is 12.9. The number of hydrogen-bond donors (Lipinski definition) is 2. The van der Waals surface area contributed by atoms with Crippen molar-refractivity contribution in [3.05, 3.63) is 40.7 Å². The molecule has 0 fully saturated rings. The Balaban J connectivity index is 2.34. The van der Waals surface area contributed by atoms with Crippen LogP contribution in [0.15, 0.2) is 18.2 Å². The fourth-order valence-electron chi connectivity index (χ4n) is 3.36. The highest BCUT2D eigenvalue weighted by molar-refractivity contribution is 5.85. The number of hydrogen-bond acceptors (Lipinski definition) is 5. The van der Waals surface area contributed by atoms with Crippen LogP contribution in [0.1, 0.15) is 47.8 Å². The van der Waals surface area contributed by atoms with Gasteiger partial charge in [0.25, 0.3) is 0 Å². The van der Waals surface area contributed by atoms with Crippen LogP contribution < -0.4 is 14.8 Å². The quantitative estimate of drug-likeness (QED) is 0.719. The molecule has 2 atom stereocenters. The van der Waals surface area contributed by atoms with E-state index in [2.05, 4.69) is 10.4 Å². The number of aromatic nitrogens is 2. The van der Waals surface area contributed by atoms with Gasteiger partial charge in [-0.05, 0) is 32.9 Å². The smallest absolute Gasteiger partial charge is 0.305 e. The number of carboxylic acid groups (broad SMARTS) is 1. The number of nitrogens with zero attached hydrogens (tertiary/aromatic N) is 2. The van der Waals surface area contributed by atoms with E-state index in [1.807, 2.05) is 20.9 Å². The Morgan fingerprint density at radius 2 is 1.93 bits per heavy atom. The third-order valence-corrected chi connectivity index (χ3v) is 4.90. The Bertz CT molecular complexity index is 875. The Labute approximate surface area is 164 Å². The fourth-order valence-corrected chi connectivity index (χ4v) is 3.36. The predicted molar refractivity (Wildman–Crippen MR) is 104 cm³/mol. The molecule has 1 aromatic heterocycles. The minimum Gasteiger partial charge on any atom is -0.497 e. The molecule has 8 heteroatoms. The Morgan fingerprint density at radius 3 is 2.43 bits per heavy atom. The molecule has 0 bridgehead atoms. The van der Waals surface area contributed by atoms with E-state index in [0.29, 0.717) is 17.1 Å². The molecule has 0 aliphatic rings. The van der Waals surface area contributed by atoms with Crippen LogP contribution in [-0.2, 0) is 16.6 Å². The summed E-state index contributed by atoms with van der Waals surface area (Å²) < 4.78 is 12.3. The molecule has 0 saturated carbocycles. The first-order valence-corrected chi connectivity index (χ1v) is 8.93. The fraction of sp³-hybridized carbons (Fsp3) is 0.450. The van der Waals surface area contributed by atoms with E-state index in [4.69, 9.17) is 9.47 Å². The zero-order chi connectivity index (χ0) is 21.0. The first-order valence-electron chi connectivity index (χ1n) is 8.93. The Morgan fingerprint density at radius 1 is 1.25 bits per heavy atom. The molecule has 2 N–H and O–H groups in total. The van der Waals surface area contributed by atoms with Gasteiger partial charge in [-0.1, -0.05) is 0 Å². The first-order chi connectivity index (χ1) is 13.2. The van der Waals surface area contributed by atoms with Crippen LogP contribution >= 0.6 is 0 Å². The molecule has 2 unspecified atom stereocenters. The number of aryl methyl sites for hydroxylation is 2. The molecule has 0 radical (unpaired) electrons. The Kier molecular flexibility index (Phi) is 6.66. The van der Waals surface area contributed by atoms with Gasteiger partial charge in [0.2, 0.25) is 5.91 Å². The molecule has 0 saturated heterocycles. The number of aliphatic carboxylic acids is 1. The third kappa shape index (κ3) is 4.44. The first kappa shape index (κ1) is 21.3. The van der Waals surface area contributed by atoms with E-state index in [1.165, 1.54) is 14.2 Å². The van der Waals surface area contributed by atoms with Gasteiger partial charge < -0.3 is 19.9 Å². The van der Waals surface area contributed by atoms with Crippen molar-refractivity contribution >= 4 is 11.9 Å². The van der Waals surface area contributed by atoms with Crippen LogP contribution in [0.4, 0.5) is 0 Å². The molecule has 0 spiro atoms. The van der Waals surface area contributed by atoms with Crippen molar-refractivity contribution in [3.63, 3.8) is 0 Å². The summed E-state index contributed by atoms with van der Waals surface area (Å²) in [4.78, 5) is 24.3.